The Balaban J connectivity index is 1.82. The van der Waals surface area contributed by atoms with Crippen molar-refractivity contribution in [2.24, 2.45) is 0 Å². The van der Waals surface area contributed by atoms with E-state index in [-0.39, 0.29) is 5.91 Å². The topological polar surface area (TPSA) is 46.1 Å². The van der Waals surface area contributed by atoms with Gasteiger partial charge in [0.2, 0.25) is 0 Å². The molecule has 2 heterocycles. The number of hydrogen-bond donors (Lipinski definition) is 0. The van der Waals surface area contributed by atoms with E-state index >= 15 is 0 Å². The highest BCUT2D eigenvalue weighted by Gasteiger charge is 2.25. The Morgan fingerprint density at radius 3 is 2.77 bits per heavy atom. The third-order valence-electron chi connectivity index (χ3n) is 4.10. The first-order chi connectivity index (χ1) is 10.8. The van der Waals surface area contributed by atoms with Crippen molar-refractivity contribution in [1.82, 2.24) is 9.97 Å². The Kier molecular flexibility index (Phi) is 3.07. The molecule has 0 unspecified atom stereocenters. The summed E-state index contributed by atoms with van der Waals surface area (Å²) in [4.78, 5) is 23.3. The number of aromatic nitrogens is 2. The Morgan fingerprint density at radius 2 is 1.82 bits per heavy atom. The van der Waals surface area contributed by atoms with E-state index in [1.54, 1.807) is 0 Å². The maximum atomic E-state index is 13.0. The zero-order valence-corrected chi connectivity index (χ0v) is 12.1. The van der Waals surface area contributed by atoms with Gasteiger partial charge in [-0.15, -0.1) is 0 Å². The predicted octanol–water partition coefficient (Wildman–Crippen LogP) is 3.22. The number of carbonyl (C=O) groups excluding carboxylic acids is 1. The Hall–Kier alpha value is -2.75. The highest BCUT2D eigenvalue weighted by molar-refractivity contribution is 6.12. The van der Waals surface area contributed by atoms with E-state index < -0.39 is 0 Å². The van der Waals surface area contributed by atoms with Crippen molar-refractivity contribution in [2.45, 2.75) is 12.8 Å². The van der Waals surface area contributed by atoms with Crippen molar-refractivity contribution in [2.75, 3.05) is 11.4 Å². The number of anilines is 1. The molecule has 0 N–H and O–H groups in total. The molecule has 0 atom stereocenters. The van der Waals surface area contributed by atoms with Crippen LogP contribution in [0.2, 0.25) is 0 Å². The Labute approximate surface area is 128 Å². The van der Waals surface area contributed by atoms with Gasteiger partial charge in [0.15, 0.2) is 0 Å². The molecule has 2 aromatic carbocycles. The van der Waals surface area contributed by atoms with Gasteiger partial charge in [-0.3, -0.25) is 4.79 Å². The largest absolute Gasteiger partial charge is 0.307 e. The third-order valence-corrected chi connectivity index (χ3v) is 4.10. The second-order valence-corrected chi connectivity index (χ2v) is 5.43. The first kappa shape index (κ1) is 13.0. The van der Waals surface area contributed by atoms with Crippen molar-refractivity contribution in [1.29, 1.82) is 0 Å². The van der Waals surface area contributed by atoms with Crippen LogP contribution in [0.4, 0.5) is 5.69 Å². The molecule has 0 saturated carbocycles. The SMILES string of the molecule is O=C(c1ncnc2ccccc12)N1CCCc2ccccc21. The summed E-state index contributed by atoms with van der Waals surface area (Å²) in [5.74, 6) is -0.0502. The van der Waals surface area contributed by atoms with Crippen LogP contribution in [0.25, 0.3) is 10.9 Å². The molecule has 1 aromatic heterocycles. The second kappa shape index (κ2) is 5.22. The molecule has 0 radical (unpaired) electrons. The van der Waals surface area contributed by atoms with Crippen molar-refractivity contribution < 1.29 is 4.79 Å². The summed E-state index contributed by atoms with van der Waals surface area (Å²) in [6.45, 7) is 0.730. The first-order valence-electron chi connectivity index (χ1n) is 7.44. The van der Waals surface area contributed by atoms with Gasteiger partial charge in [0.1, 0.15) is 12.0 Å². The number of para-hydroxylation sites is 2. The fourth-order valence-corrected chi connectivity index (χ4v) is 3.05. The lowest BCUT2D eigenvalue weighted by atomic mass is 10.0. The number of nitrogens with zero attached hydrogens (tertiary/aromatic N) is 3. The van der Waals surface area contributed by atoms with Gasteiger partial charge in [0.05, 0.1) is 5.52 Å². The second-order valence-electron chi connectivity index (χ2n) is 5.43. The number of fused-ring (bicyclic) bond motifs is 2. The van der Waals surface area contributed by atoms with Gasteiger partial charge in [-0.1, -0.05) is 36.4 Å². The molecule has 1 aliphatic rings. The monoisotopic (exact) mass is 289 g/mol. The number of hydrogen-bond acceptors (Lipinski definition) is 3. The minimum atomic E-state index is -0.0502. The molecule has 0 spiro atoms. The molecule has 0 fully saturated rings. The average Bonchev–Trinajstić information content (AvgIpc) is 2.60. The standard InChI is InChI=1S/C18H15N3O/c22-18(17-14-8-2-3-9-15(14)19-12-20-17)21-11-5-7-13-6-1-4-10-16(13)21/h1-4,6,8-10,12H,5,7,11H2. The normalized spacial score (nSPS) is 13.9. The molecule has 3 aromatic rings. The van der Waals surface area contributed by atoms with E-state index in [4.69, 9.17) is 0 Å². The van der Waals surface area contributed by atoms with Gasteiger partial charge < -0.3 is 4.90 Å². The van der Waals surface area contributed by atoms with E-state index in [1.165, 1.54) is 11.9 Å². The number of aryl methyl sites for hydroxylation is 1. The minimum absolute atomic E-state index is 0.0502. The van der Waals surface area contributed by atoms with Gasteiger partial charge >= 0.3 is 0 Å². The lowest BCUT2D eigenvalue weighted by Gasteiger charge is -2.29. The molecule has 0 bridgehead atoms. The molecule has 1 amide bonds. The van der Waals surface area contributed by atoms with Crippen LogP contribution in [0.5, 0.6) is 0 Å². The number of benzene rings is 2. The quantitative estimate of drug-likeness (QED) is 0.691. The maximum absolute atomic E-state index is 13.0. The number of rotatable bonds is 1. The molecule has 108 valence electrons. The molecule has 4 rings (SSSR count). The van der Waals surface area contributed by atoms with Crippen molar-refractivity contribution in [3.05, 3.63) is 66.1 Å². The number of amides is 1. The minimum Gasteiger partial charge on any atom is -0.307 e. The summed E-state index contributed by atoms with van der Waals surface area (Å²) in [7, 11) is 0. The summed E-state index contributed by atoms with van der Waals surface area (Å²) in [5, 5.41) is 0.804. The predicted molar refractivity (Wildman–Crippen MR) is 86.0 cm³/mol. The maximum Gasteiger partial charge on any atom is 0.277 e. The Morgan fingerprint density at radius 1 is 1.00 bits per heavy atom. The Bertz CT molecular complexity index is 854. The molecule has 22 heavy (non-hydrogen) atoms. The summed E-state index contributed by atoms with van der Waals surface area (Å²) in [6, 6.07) is 15.7. The molecule has 0 saturated heterocycles. The molecule has 0 aliphatic carbocycles. The van der Waals surface area contributed by atoms with E-state index in [9.17, 15) is 4.79 Å². The first-order valence-corrected chi connectivity index (χ1v) is 7.44. The van der Waals surface area contributed by atoms with Crippen molar-refractivity contribution >= 4 is 22.5 Å². The van der Waals surface area contributed by atoms with Crippen LogP contribution >= 0.6 is 0 Å². The lowest BCUT2D eigenvalue weighted by Crippen LogP contribution is -2.36. The summed E-state index contributed by atoms with van der Waals surface area (Å²) < 4.78 is 0. The zero-order valence-electron chi connectivity index (χ0n) is 12.1. The van der Waals surface area contributed by atoms with Crippen LogP contribution in [0, 0.1) is 0 Å². The molecular formula is C18H15N3O. The van der Waals surface area contributed by atoms with Crippen LogP contribution in [0.15, 0.2) is 54.9 Å². The van der Waals surface area contributed by atoms with E-state index in [2.05, 4.69) is 16.0 Å². The van der Waals surface area contributed by atoms with Gasteiger partial charge in [0.25, 0.3) is 5.91 Å². The van der Waals surface area contributed by atoms with Crippen molar-refractivity contribution in [3.8, 4) is 0 Å². The third kappa shape index (κ3) is 2.04. The summed E-state index contributed by atoms with van der Waals surface area (Å²) >= 11 is 0. The van der Waals surface area contributed by atoms with E-state index in [1.807, 2.05) is 47.4 Å². The van der Waals surface area contributed by atoms with Gasteiger partial charge in [-0.2, -0.15) is 0 Å². The fraction of sp³-hybridized carbons (Fsp3) is 0.167. The molecule has 1 aliphatic heterocycles. The molecule has 4 nitrogen and oxygen atoms in total. The van der Waals surface area contributed by atoms with Gasteiger partial charge in [-0.25, -0.2) is 9.97 Å². The number of carbonyl (C=O) groups is 1. The van der Waals surface area contributed by atoms with Gasteiger partial charge in [0, 0.05) is 17.6 Å². The highest BCUT2D eigenvalue weighted by atomic mass is 16.2. The molecular weight excluding hydrogens is 274 g/mol. The summed E-state index contributed by atoms with van der Waals surface area (Å²) in [6.07, 6.45) is 3.46. The summed E-state index contributed by atoms with van der Waals surface area (Å²) in [5.41, 5.74) is 3.50. The van der Waals surface area contributed by atoms with Crippen LogP contribution in [0.3, 0.4) is 0 Å². The van der Waals surface area contributed by atoms with Gasteiger partial charge in [-0.05, 0) is 30.5 Å². The van der Waals surface area contributed by atoms with Crippen LogP contribution in [0.1, 0.15) is 22.5 Å². The van der Waals surface area contributed by atoms with E-state index in [0.717, 1.165) is 36.0 Å². The molecule has 4 heteroatoms. The zero-order chi connectivity index (χ0) is 14.9. The average molecular weight is 289 g/mol. The highest BCUT2D eigenvalue weighted by Crippen LogP contribution is 2.28. The van der Waals surface area contributed by atoms with Crippen molar-refractivity contribution in [3.63, 3.8) is 0 Å². The van der Waals surface area contributed by atoms with Crippen LogP contribution in [-0.2, 0) is 6.42 Å². The lowest BCUT2D eigenvalue weighted by molar-refractivity contribution is 0.0982. The van der Waals surface area contributed by atoms with Crippen LogP contribution < -0.4 is 4.90 Å². The van der Waals surface area contributed by atoms with Crippen LogP contribution in [-0.4, -0.2) is 22.4 Å². The smallest absolute Gasteiger partial charge is 0.277 e. The fourth-order valence-electron chi connectivity index (χ4n) is 3.05. The van der Waals surface area contributed by atoms with E-state index in [0.29, 0.717) is 5.69 Å².